The molecule has 0 spiro atoms. The van der Waals surface area contributed by atoms with Crippen LogP contribution >= 0.6 is 11.6 Å². The molecule has 2 aromatic rings. The zero-order valence-electron chi connectivity index (χ0n) is 17.9. The van der Waals surface area contributed by atoms with Crippen molar-refractivity contribution in [1.29, 1.82) is 0 Å². The number of aliphatic hydroxyl groups is 3. The lowest BCUT2D eigenvalue weighted by Crippen LogP contribution is -2.55. The van der Waals surface area contributed by atoms with E-state index in [-0.39, 0.29) is 6.61 Å². The first-order valence-corrected chi connectivity index (χ1v) is 11.2. The van der Waals surface area contributed by atoms with E-state index in [4.69, 9.17) is 30.5 Å². The van der Waals surface area contributed by atoms with E-state index < -0.39 is 30.5 Å². The van der Waals surface area contributed by atoms with Crippen LogP contribution in [0.15, 0.2) is 36.4 Å². The number of rotatable bonds is 3. The number of halogens is 1. The van der Waals surface area contributed by atoms with E-state index in [0.29, 0.717) is 36.0 Å². The first-order chi connectivity index (χ1) is 15.5. The third-order valence-corrected chi connectivity index (χ3v) is 6.33. The summed E-state index contributed by atoms with van der Waals surface area (Å²) in [6, 6.07) is 11.3. The maximum absolute atomic E-state index is 10.7. The Hall–Kier alpha value is -1.87. The van der Waals surface area contributed by atoms with Crippen molar-refractivity contribution in [1.82, 2.24) is 0 Å². The molecule has 2 bridgehead atoms. The van der Waals surface area contributed by atoms with Crippen LogP contribution in [0, 0.1) is 0 Å². The van der Waals surface area contributed by atoms with E-state index in [1.807, 2.05) is 30.3 Å². The minimum atomic E-state index is -1.38. The van der Waals surface area contributed by atoms with Gasteiger partial charge in [0.25, 0.3) is 0 Å². The van der Waals surface area contributed by atoms with Gasteiger partial charge in [-0.25, -0.2) is 0 Å². The van der Waals surface area contributed by atoms with Crippen LogP contribution in [0.25, 0.3) is 0 Å². The molecule has 2 aromatic carbocycles. The van der Waals surface area contributed by atoms with E-state index in [1.165, 1.54) is 0 Å². The van der Waals surface area contributed by atoms with E-state index >= 15 is 0 Å². The fraction of sp³-hybridized carbons (Fsp3) is 0.500. The molecule has 2 aliphatic heterocycles. The van der Waals surface area contributed by atoms with E-state index in [1.54, 1.807) is 13.2 Å². The molecular formula is C24H29ClO7. The molecule has 1 fully saturated rings. The summed E-state index contributed by atoms with van der Waals surface area (Å²) >= 11 is 6.60. The van der Waals surface area contributed by atoms with Gasteiger partial charge in [-0.3, -0.25) is 0 Å². The lowest BCUT2D eigenvalue weighted by Gasteiger charge is -2.41. The molecular weight excluding hydrogens is 436 g/mol. The molecule has 2 heterocycles. The van der Waals surface area contributed by atoms with Gasteiger partial charge in [-0.15, -0.1) is 0 Å². The van der Waals surface area contributed by atoms with Crippen LogP contribution in [-0.2, 0) is 15.9 Å². The number of benzene rings is 2. The molecule has 7 nitrogen and oxygen atoms in total. The van der Waals surface area contributed by atoms with Gasteiger partial charge in [0.1, 0.15) is 42.0 Å². The normalized spacial score (nSPS) is 28.6. The number of hydrogen-bond acceptors (Lipinski definition) is 7. The highest BCUT2D eigenvalue weighted by atomic mass is 35.5. The Labute approximate surface area is 192 Å². The molecule has 0 amide bonds. The number of ether oxygens (including phenoxy) is 4. The molecule has 8 heteroatoms. The highest BCUT2D eigenvalue weighted by Gasteiger charge is 2.45. The monoisotopic (exact) mass is 464 g/mol. The molecule has 32 heavy (non-hydrogen) atoms. The Morgan fingerprint density at radius 3 is 2.50 bits per heavy atom. The number of methoxy groups -OCH3 is 1. The first-order valence-electron chi connectivity index (χ1n) is 10.8. The molecule has 0 aromatic heterocycles. The van der Waals surface area contributed by atoms with Crippen molar-refractivity contribution in [2.75, 3.05) is 26.9 Å². The number of hydrogen-bond donors (Lipinski definition) is 3. The highest BCUT2D eigenvalue weighted by molar-refractivity contribution is 6.31. The van der Waals surface area contributed by atoms with Crippen molar-refractivity contribution in [2.24, 2.45) is 0 Å². The van der Waals surface area contributed by atoms with Crippen LogP contribution in [0.4, 0.5) is 0 Å². The van der Waals surface area contributed by atoms with Crippen molar-refractivity contribution in [3.63, 3.8) is 0 Å². The summed E-state index contributed by atoms with van der Waals surface area (Å²) in [7, 11) is 1.62. The zero-order chi connectivity index (χ0) is 22.7. The molecule has 174 valence electrons. The van der Waals surface area contributed by atoms with Gasteiger partial charge in [-0.05, 0) is 54.7 Å². The Kier molecular flexibility index (Phi) is 7.55. The molecule has 2 aliphatic rings. The van der Waals surface area contributed by atoms with Gasteiger partial charge in [0.15, 0.2) is 0 Å². The van der Waals surface area contributed by atoms with Crippen molar-refractivity contribution in [3.05, 3.63) is 58.1 Å². The lowest BCUT2D eigenvalue weighted by atomic mass is 9.89. The second-order valence-electron chi connectivity index (χ2n) is 8.20. The van der Waals surface area contributed by atoms with Crippen LogP contribution < -0.4 is 9.47 Å². The van der Waals surface area contributed by atoms with Gasteiger partial charge < -0.3 is 34.3 Å². The van der Waals surface area contributed by atoms with Gasteiger partial charge in [-0.1, -0.05) is 23.7 Å². The summed E-state index contributed by atoms with van der Waals surface area (Å²) in [4.78, 5) is 0. The van der Waals surface area contributed by atoms with E-state index in [0.717, 1.165) is 29.7 Å². The Balaban J connectivity index is 1.70. The minimum absolute atomic E-state index is 0.129. The summed E-state index contributed by atoms with van der Waals surface area (Å²) in [5.74, 6) is 1.27. The maximum Gasteiger partial charge on any atom is 0.126 e. The van der Waals surface area contributed by atoms with Crippen LogP contribution in [0.5, 0.6) is 11.5 Å². The molecule has 1 saturated heterocycles. The summed E-state index contributed by atoms with van der Waals surface area (Å²) < 4.78 is 22.8. The van der Waals surface area contributed by atoms with Gasteiger partial charge >= 0.3 is 0 Å². The molecule has 0 radical (unpaired) electrons. The number of fused-ring (bicyclic) bond motifs is 4. The topological polar surface area (TPSA) is 97.6 Å². The third kappa shape index (κ3) is 5.03. The van der Waals surface area contributed by atoms with Crippen LogP contribution in [0.1, 0.15) is 35.6 Å². The largest absolute Gasteiger partial charge is 0.497 e. The van der Waals surface area contributed by atoms with Crippen molar-refractivity contribution in [2.45, 2.75) is 49.8 Å². The summed E-state index contributed by atoms with van der Waals surface area (Å²) in [6.45, 7) is 1.08. The molecule has 4 rings (SSSR count). The fourth-order valence-corrected chi connectivity index (χ4v) is 4.32. The summed E-state index contributed by atoms with van der Waals surface area (Å²) in [5.41, 5.74) is 2.45. The summed E-state index contributed by atoms with van der Waals surface area (Å²) in [6.07, 6.45) is -3.50. The van der Waals surface area contributed by atoms with Crippen LogP contribution in [0.2, 0.25) is 5.02 Å². The Morgan fingerprint density at radius 2 is 1.75 bits per heavy atom. The molecule has 3 N–H and O–H groups in total. The summed E-state index contributed by atoms with van der Waals surface area (Å²) in [5, 5.41) is 32.1. The predicted molar refractivity (Wildman–Crippen MR) is 118 cm³/mol. The SMILES string of the molecule is COc1ccc(Cc2cc3c(cc2Cl)OCCCCOCC2OC3C(O)C(O)C2O)cc1. The Morgan fingerprint density at radius 1 is 1.00 bits per heavy atom. The smallest absolute Gasteiger partial charge is 0.126 e. The maximum atomic E-state index is 10.7. The predicted octanol–water partition coefficient (Wildman–Crippen LogP) is 2.65. The lowest BCUT2D eigenvalue weighted by molar-refractivity contribution is -0.235. The van der Waals surface area contributed by atoms with Gasteiger partial charge in [0.05, 0.1) is 20.3 Å². The average Bonchev–Trinajstić information content (AvgIpc) is 2.79. The van der Waals surface area contributed by atoms with Crippen molar-refractivity contribution < 1.29 is 34.3 Å². The standard InChI is InChI=1S/C24H29ClO7/c1-29-16-6-4-14(5-7-16)10-15-11-17-19(12-18(15)25)31-9-3-2-8-30-13-20-21(26)22(27)23(28)24(17)32-20/h4-7,11-12,20-24,26-28H,2-3,8-10,13H2,1H3. The first kappa shape index (κ1) is 23.3. The van der Waals surface area contributed by atoms with Gasteiger partial charge in [0.2, 0.25) is 0 Å². The third-order valence-electron chi connectivity index (χ3n) is 5.97. The van der Waals surface area contributed by atoms with Crippen LogP contribution in [-0.4, -0.2) is 66.7 Å². The van der Waals surface area contributed by atoms with Gasteiger partial charge in [0, 0.05) is 17.2 Å². The molecule has 5 unspecified atom stereocenters. The quantitative estimate of drug-likeness (QED) is 0.642. The number of aliphatic hydroxyl groups excluding tert-OH is 3. The van der Waals surface area contributed by atoms with Crippen molar-refractivity contribution in [3.8, 4) is 11.5 Å². The second kappa shape index (κ2) is 10.4. The second-order valence-corrected chi connectivity index (χ2v) is 8.61. The molecule has 0 aliphatic carbocycles. The van der Waals surface area contributed by atoms with E-state index in [9.17, 15) is 15.3 Å². The van der Waals surface area contributed by atoms with Crippen molar-refractivity contribution >= 4 is 11.6 Å². The Bertz CT molecular complexity index is 904. The van der Waals surface area contributed by atoms with Crippen LogP contribution in [0.3, 0.4) is 0 Å². The van der Waals surface area contributed by atoms with Gasteiger partial charge in [-0.2, -0.15) is 0 Å². The molecule has 5 atom stereocenters. The average molecular weight is 465 g/mol. The van der Waals surface area contributed by atoms with E-state index in [2.05, 4.69) is 0 Å². The highest BCUT2D eigenvalue weighted by Crippen LogP contribution is 2.40. The minimum Gasteiger partial charge on any atom is -0.497 e. The zero-order valence-corrected chi connectivity index (χ0v) is 18.7. The fourth-order valence-electron chi connectivity index (χ4n) is 4.10. The molecule has 0 saturated carbocycles.